The maximum atomic E-state index is 13.3. The molecule has 0 fully saturated rings. The van der Waals surface area contributed by atoms with E-state index in [1.807, 2.05) is 67.5 Å². The van der Waals surface area contributed by atoms with Crippen molar-refractivity contribution in [1.29, 1.82) is 0 Å². The highest BCUT2D eigenvalue weighted by Crippen LogP contribution is 2.33. The lowest BCUT2D eigenvalue weighted by Gasteiger charge is -2.34. The van der Waals surface area contributed by atoms with E-state index in [0.29, 0.717) is 12.0 Å². The number of carbonyl (C=O) groups excluding carboxylic acids is 2. The van der Waals surface area contributed by atoms with Gasteiger partial charge in [0.15, 0.2) is 5.78 Å². The fourth-order valence-electron chi connectivity index (χ4n) is 3.93. The molecule has 2 aromatic carbocycles. The zero-order valence-corrected chi connectivity index (χ0v) is 18.3. The summed E-state index contributed by atoms with van der Waals surface area (Å²) in [5.41, 5.74) is 3.52. The number of fused-ring (bicyclic) bond motifs is 1. The van der Waals surface area contributed by atoms with E-state index in [2.05, 4.69) is 17.6 Å². The van der Waals surface area contributed by atoms with Crippen LogP contribution in [0, 0.1) is 0 Å². The van der Waals surface area contributed by atoms with Gasteiger partial charge in [-0.1, -0.05) is 56.9 Å². The van der Waals surface area contributed by atoms with Crippen molar-refractivity contribution in [3.63, 3.8) is 0 Å². The highest BCUT2D eigenvalue weighted by Gasteiger charge is 2.37. The Labute approximate surface area is 179 Å². The summed E-state index contributed by atoms with van der Waals surface area (Å²) in [6.07, 6.45) is 5.91. The van der Waals surface area contributed by atoms with Crippen LogP contribution in [-0.2, 0) is 4.79 Å². The minimum Gasteiger partial charge on any atom is -0.378 e. The number of hydrogen-bond donors (Lipinski definition) is 2. The summed E-state index contributed by atoms with van der Waals surface area (Å²) in [7, 11) is 3.99. The average Bonchev–Trinajstić information content (AvgIpc) is 2.75. The first-order valence-electron chi connectivity index (χ1n) is 11.0. The van der Waals surface area contributed by atoms with Crippen molar-refractivity contribution >= 4 is 23.1 Å². The van der Waals surface area contributed by atoms with Crippen LogP contribution in [0.1, 0.15) is 67.4 Å². The van der Waals surface area contributed by atoms with Crippen molar-refractivity contribution in [2.75, 3.05) is 24.3 Å². The second-order valence-corrected chi connectivity index (χ2v) is 8.23. The van der Waals surface area contributed by atoms with Gasteiger partial charge in [0.1, 0.15) is 6.04 Å². The molecule has 5 heteroatoms. The van der Waals surface area contributed by atoms with Crippen LogP contribution in [0.25, 0.3) is 0 Å². The average molecular weight is 408 g/mol. The Morgan fingerprint density at radius 1 is 1.00 bits per heavy atom. The van der Waals surface area contributed by atoms with E-state index >= 15 is 0 Å². The standard InChI is InChI=1S/C25H33N3O2/c1-4-5-6-7-8-13-22(29)27-24-23(18-14-16-19(17-15-18)28(2)3)26-21-12-10-9-11-20(21)25(24)30/h9-12,14-17,23-24,26H,4-8,13H2,1-3H3,(H,27,29)/t23-,24+/m0/s1. The zero-order valence-electron chi connectivity index (χ0n) is 18.3. The van der Waals surface area contributed by atoms with Gasteiger partial charge in [-0.05, 0) is 36.2 Å². The van der Waals surface area contributed by atoms with E-state index < -0.39 is 6.04 Å². The lowest BCUT2D eigenvalue weighted by Crippen LogP contribution is -2.49. The molecule has 2 atom stereocenters. The number of Topliss-reactive ketones (excluding diaryl/α,β-unsaturated/α-hetero) is 1. The van der Waals surface area contributed by atoms with E-state index in [9.17, 15) is 9.59 Å². The normalized spacial score (nSPS) is 17.8. The predicted octanol–water partition coefficient (Wildman–Crippen LogP) is 4.95. The van der Waals surface area contributed by atoms with Crippen LogP contribution < -0.4 is 15.5 Å². The van der Waals surface area contributed by atoms with Gasteiger partial charge in [0.2, 0.25) is 5.91 Å². The lowest BCUT2D eigenvalue weighted by molar-refractivity contribution is -0.121. The van der Waals surface area contributed by atoms with Crippen molar-refractivity contribution in [2.45, 2.75) is 57.5 Å². The molecule has 2 aromatic rings. The summed E-state index contributed by atoms with van der Waals surface area (Å²) in [5, 5.41) is 6.51. The van der Waals surface area contributed by atoms with E-state index in [1.54, 1.807) is 0 Å². The summed E-state index contributed by atoms with van der Waals surface area (Å²) < 4.78 is 0. The minimum atomic E-state index is -0.617. The quantitative estimate of drug-likeness (QED) is 0.578. The number of anilines is 2. The second kappa shape index (κ2) is 10.3. The lowest BCUT2D eigenvalue weighted by atomic mass is 9.87. The summed E-state index contributed by atoms with van der Waals surface area (Å²) in [6, 6.07) is 14.7. The van der Waals surface area contributed by atoms with Crippen molar-refractivity contribution in [1.82, 2.24) is 5.32 Å². The molecular formula is C25H33N3O2. The Kier molecular flexibility index (Phi) is 7.50. The first-order valence-corrected chi connectivity index (χ1v) is 11.0. The van der Waals surface area contributed by atoms with Crippen molar-refractivity contribution in [3.05, 3.63) is 59.7 Å². The van der Waals surface area contributed by atoms with Crippen molar-refractivity contribution in [2.24, 2.45) is 0 Å². The third-order valence-electron chi connectivity index (χ3n) is 5.71. The Bertz CT molecular complexity index is 861. The van der Waals surface area contributed by atoms with Crippen molar-refractivity contribution in [3.8, 4) is 0 Å². The van der Waals surface area contributed by atoms with E-state index in [1.165, 1.54) is 12.8 Å². The molecule has 0 unspecified atom stereocenters. The van der Waals surface area contributed by atoms with Gasteiger partial charge in [0.25, 0.3) is 0 Å². The molecule has 1 aliphatic rings. The van der Waals surface area contributed by atoms with Crippen LogP contribution in [0.3, 0.4) is 0 Å². The number of ketones is 1. The first kappa shape index (κ1) is 21.9. The van der Waals surface area contributed by atoms with Gasteiger partial charge < -0.3 is 15.5 Å². The number of nitrogens with zero attached hydrogens (tertiary/aromatic N) is 1. The van der Waals surface area contributed by atoms with Crippen LogP contribution in [0.2, 0.25) is 0 Å². The molecule has 0 saturated heterocycles. The third-order valence-corrected chi connectivity index (χ3v) is 5.71. The molecule has 1 amide bonds. The molecule has 1 aliphatic heterocycles. The Morgan fingerprint density at radius 3 is 2.40 bits per heavy atom. The number of nitrogens with one attached hydrogen (secondary N) is 2. The molecule has 0 spiro atoms. The molecule has 0 radical (unpaired) electrons. The number of amides is 1. The molecule has 1 heterocycles. The van der Waals surface area contributed by atoms with Gasteiger partial charge in [0.05, 0.1) is 6.04 Å². The van der Waals surface area contributed by atoms with E-state index in [4.69, 9.17) is 0 Å². The fourth-order valence-corrected chi connectivity index (χ4v) is 3.93. The van der Waals surface area contributed by atoms with Crippen molar-refractivity contribution < 1.29 is 9.59 Å². The fraction of sp³-hybridized carbons (Fsp3) is 0.440. The molecular weight excluding hydrogens is 374 g/mol. The Hall–Kier alpha value is -2.82. The maximum absolute atomic E-state index is 13.3. The monoisotopic (exact) mass is 407 g/mol. The van der Waals surface area contributed by atoms with Gasteiger partial charge in [-0.2, -0.15) is 0 Å². The number of para-hydroxylation sites is 1. The van der Waals surface area contributed by atoms with E-state index in [-0.39, 0.29) is 17.7 Å². The van der Waals surface area contributed by atoms with Crippen LogP contribution in [0.15, 0.2) is 48.5 Å². The van der Waals surface area contributed by atoms with Crippen LogP contribution in [-0.4, -0.2) is 31.8 Å². The highest BCUT2D eigenvalue weighted by molar-refractivity contribution is 6.08. The van der Waals surface area contributed by atoms with Crippen LogP contribution >= 0.6 is 0 Å². The number of carbonyl (C=O) groups is 2. The van der Waals surface area contributed by atoms with Gasteiger partial charge in [-0.3, -0.25) is 9.59 Å². The largest absolute Gasteiger partial charge is 0.378 e. The molecule has 0 bridgehead atoms. The molecule has 0 aliphatic carbocycles. The summed E-state index contributed by atoms with van der Waals surface area (Å²) in [5.74, 6) is -0.0914. The minimum absolute atomic E-state index is 0.0367. The summed E-state index contributed by atoms with van der Waals surface area (Å²) in [4.78, 5) is 27.9. The molecule has 2 N–H and O–H groups in total. The van der Waals surface area contributed by atoms with Gasteiger partial charge >= 0.3 is 0 Å². The topological polar surface area (TPSA) is 61.4 Å². The summed E-state index contributed by atoms with van der Waals surface area (Å²) >= 11 is 0. The zero-order chi connectivity index (χ0) is 21.5. The molecule has 0 saturated carbocycles. The van der Waals surface area contributed by atoms with Gasteiger partial charge in [0, 0.05) is 37.5 Å². The second-order valence-electron chi connectivity index (χ2n) is 8.23. The third kappa shape index (κ3) is 5.21. The van der Waals surface area contributed by atoms with Gasteiger partial charge in [-0.15, -0.1) is 0 Å². The number of benzene rings is 2. The van der Waals surface area contributed by atoms with E-state index in [0.717, 1.165) is 36.2 Å². The Balaban J connectivity index is 1.78. The SMILES string of the molecule is CCCCCCCC(=O)N[C@H]1C(=O)c2ccccc2N[C@H]1c1ccc(N(C)C)cc1. The first-order chi connectivity index (χ1) is 14.5. The molecule has 5 nitrogen and oxygen atoms in total. The van der Waals surface area contributed by atoms with Crippen LogP contribution in [0.5, 0.6) is 0 Å². The van der Waals surface area contributed by atoms with Crippen LogP contribution in [0.4, 0.5) is 11.4 Å². The predicted molar refractivity (Wildman–Crippen MR) is 123 cm³/mol. The van der Waals surface area contributed by atoms with Gasteiger partial charge in [-0.25, -0.2) is 0 Å². The maximum Gasteiger partial charge on any atom is 0.220 e. The number of unbranched alkanes of at least 4 members (excludes halogenated alkanes) is 4. The molecule has 0 aromatic heterocycles. The number of rotatable bonds is 9. The Morgan fingerprint density at radius 2 is 1.70 bits per heavy atom. The highest BCUT2D eigenvalue weighted by atomic mass is 16.2. The molecule has 160 valence electrons. The smallest absolute Gasteiger partial charge is 0.220 e. The number of hydrogen-bond acceptors (Lipinski definition) is 4. The molecule has 3 rings (SSSR count). The molecule has 30 heavy (non-hydrogen) atoms. The summed E-state index contributed by atoms with van der Waals surface area (Å²) in [6.45, 7) is 2.18.